The number of rotatable bonds is 6. The summed E-state index contributed by atoms with van der Waals surface area (Å²) in [6, 6.07) is 5.80. The van der Waals surface area contributed by atoms with E-state index in [9.17, 15) is 0 Å². The molecule has 0 bridgehead atoms. The van der Waals surface area contributed by atoms with Gasteiger partial charge in [0.2, 0.25) is 0 Å². The van der Waals surface area contributed by atoms with E-state index in [0.717, 1.165) is 25.1 Å². The van der Waals surface area contributed by atoms with Gasteiger partial charge in [0, 0.05) is 42.0 Å². The first-order valence-corrected chi connectivity index (χ1v) is 10.3. The Hall–Kier alpha value is -0.340. The molecular weight excluding hydrogens is 443 g/mol. The quantitative estimate of drug-likeness (QED) is 0.373. The number of halogens is 1. The van der Waals surface area contributed by atoms with E-state index < -0.39 is 0 Å². The molecule has 0 atom stereocenters. The van der Waals surface area contributed by atoms with E-state index in [1.807, 2.05) is 11.3 Å². The highest BCUT2D eigenvalue weighted by Gasteiger charge is 2.32. The van der Waals surface area contributed by atoms with Crippen LogP contribution in [0.3, 0.4) is 0 Å². The zero-order valence-electron chi connectivity index (χ0n) is 15.8. The Kier molecular flexibility index (Phi) is 8.01. The number of hydrogen-bond donors (Lipinski definition) is 2. The molecule has 2 fully saturated rings. The summed E-state index contributed by atoms with van der Waals surface area (Å²) in [5.41, 5.74) is 0.0891. The van der Waals surface area contributed by atoms with Crippen molar-refractivity contribution in [2.45, 2.75) is 64.0 Å². The fourth-order valence-corrected chi connectivity index (χ4v) is 4.22. The number of thiophene rings is 1. The van der Waals surface area contributed by atoms with Gasteiger partial charge in [0.25, 0.3) is 0 Å². The molecule has 1 aliphatic heterocycles. The second-order valence-corrected chi connectivity index (χ2v) is 8.69. The molecule has 2 aliphatic rings. The average Bonchev–Trinajstić information content (AvgIpc) is 3.26. The predicted octanol–water partition coefficient (Wildman–Crippen LogP) is 3.83. The normalized spacial score (nSPS) is 20.2. The van der Waals surface area contributed by atoms with Gasteiger partial charge in [-0.25, -0.2) is 0 Å². The summed E-state index contributed by atoms with van der Waals surface area (Å²) in [7, 11) is 0. The maximum atomic E-state index is 4.89. The summed E-state index contributed by atoms with van der Waals surface area (Å²) in [5.74, 6) is 0.979. The van der Waals surface area contributed by atoms with Crippen molar-refractivity contribution in [1.29, 1.82) is 0 Å². The fourth-order valence-electron chi connectivity index (χ4n) is 3.38. The minimum Gasteiger partial charge on any atom is -0.357 e. The van der Waals surface area contributed by atoms with Gasteiger partial charge in [0.05, 0.1) is 6.54 Å². The van der Waals surface area contributed by atoms with Crippen LogP contribution in [-0.4, -0.2) is 49.1 Å². The van der Waals surface area contributed by atoms with Crippen LogP contribution in [0.5, 0.6) is 0 Å². The van der Waals surface area contributed by atoms with Gasteiger partial charge in [-0.2, -0.15) is 0 Å². The molecule has 0 spiro atoms. The zero-order chi connectivity index (χ0) is 17.0. The maximum Gasteiger partial charge on any atom is 0.191 e. The molecule has 2 heterocycles. The highest BCUT2D eigenvalue weighted by molar-refractivity contribution is 14.0. The van der Waals surface area contributed by atoms with Crippen LogP contribution in [0.2, 0.25) is 0 Å². The van der Waals surface area contributed by atoms with Crippen LogP contribution >= 0.6 is 35.3 Å². The number of guanidine groups is 1. The van der Waals surface area contributed by atoms with E-state index in [4.69, 9.17) is 4.99 Å². The Morgan fingerprint density at radius 3 is 2.56 bits per heavy atom. The lowest BCUT2D eigenvalue weighted by Gasteiger charge is -2.33. The van der Waals surface area contributed by atoms with E-state index in [1.165, 1.54) is 43.6 Å². The third kappa shape index (κ3) is 6.10. The van der Waals surface area contributed by atoms with Crippen molar-refractivity contribution in [2.24, 2.45) is 4.99 Å². The highest BCUT2D eigenvalue weighted by Crippen LogP contribution is 2.29. The average molecular weight is 476 g/mol. The van der Waals surface area contributed by atoms with E-state index in [-0.39, 0.29) is 29.4 Å². The second-order valence-electron chi connectivity index (χ2n) is 7.74. The van der Waals surface area contributed by atoms with Gasteiger partial charge in [-0.3, -0.25) is 4.99 Å². The van der Waals surface area contributed by atoms with Crippen LogP contribution in [0.4, 0.5) is 0 Å². The zero-order valence-corrected chi connectivity index (χ0v) is 18.9. The monoisotopic (exact) mass is 476 g/mol. The number of nitrogens with zero attached hydrogens (tertiary/aromatic N) is 2. The minimum absolute atomic E-state index is 0. The third-order valence-electron chi connectivity index (χ3n) is 5.10. The minimum atomic E-state index is 0. The summed E-state index contributed by atoms with van der Waals surface area (Å²) in [6.07, 6.45) is 5.30. The molecule has 1 aromatic heterocycles. The van der Waals surface area contributed by atoms with Gasteiger partial charge in [-0.05, 0) is 44.1 Å². The van der Waals surface area contributed by atoms with Crippen molar-refractivity contribution in [3.63, 3.8) is 0 Å². The maximum absolute atomic E-state index is 4.89. The molecular formula is C19H33IN4S. The lowest BCUT2D eigenvalue weighted by atomic mass is 9.92. The summed E-state index contributed by atoms with van der Waals surface area (Å²) < 4.78 is 0. The standard InChI is InChI=1S/C19H32N4S.HI/c1-4-20-18(21-14-19(2,3)17-6-5-13-24-17)22-15-9-11-23(12-10-15)16-7-8-16;/h5-6,13,15-16H,4,7-12,14H2,1-3H3,(H2,20,21,22);1H. The van der Waals surface area contributed by atoms with Crippen LogP contribution in [0.1, 0.15) is 51.3 Å². The van der Waals surface area contributed by atoms with E-state index >= 15 is 0 Å². The van der Waals surface area contributed by atoms with Gasteiger partial charge in [0.15, 0.2) is 5.96 Å². The molecule has 25 heavy (non-hydrogen) atoms. The molecule has 0 unspecified atom stereocenters. The van der Waals surface area contributed by atoms with Crippen molar-refractivity contribution >= 4 is 41.3 Å². The van der Waals surface area contributed by atoms with Crippen molar-refractivity contribution in [1.82, 2.24) is 15.5 Å². The summed E-state index contributed by atoms with van der Waals surface area (Å²) >= 11 is 1.82. The first-order chi connectivity index (χ1) is 11.6. The van der Waals surface area contributed by atoms with Crippen molar-refractivity contribution < 1.29 is 0 Å². The van der Waals surface area contributed by atoms with Gasteiger partial charge in [-0.15, -0.1) is 35.3 Å². The smallest absolute Gasteiger partial charge is 0.191 e. The van der Waals surface area contributed by atoms with E-state index in [0.29, 0.717) is 6.04 Å². The molecule has 1 aromatic rings. The van der Waals surface area contributed by atoms with Crippen molar-refractivity contribution in [3.05, 3.63) is 22.4 Å². The summed E-state index contributed by atoms with van der Waals surface area (Å²) in [5, 5.41) is 9.24. The number of piperidine rings is 1. The van der Waals surface area contributed by atoms with Crippen LogP contribution in [-0.2, 0) is 5.41 Å². The fraction of sp³-hybridized carbons (Fsp3) is 0.737. The van der Waals surface area contributed by atoms with Crippen LogP contribution < -0.4 is 10.6 Å². The molecule has 0 radical (unpaired) electrons. The molecule has 2 N–H and O–H groups in total. The van der Waals surface area contributed by atoms with Crippen LogP contribution in [0.25, 0.3) is 0 Å². The summed E-state index contributed by atoms with van der Waals surface area (Å²) in [4.78, 5) is 8.96. The first-order valence-electron chi connectivity index (χ1n) is 9.41. The SMILES string of the molecule is CCNC(=NCC(C)(C)c1cccs1)NC1CCN(C2CC2)CC1.I. The van der Waals surface area contributed by atoms with Crippen molar-refractivity contribution in [2.75, 3.05) is 26.2 Å². The Balaban J connectivity index is 0.00000225. The van der Waals surface area contributed by atoms with Gasteiger partial charge in [0.1, 0.15) is 0 Å². The van der Waals surface area contributed by atoms with Gasteiger partial charge in [-0.1, -0.05) is 19.9 Å². The number of aliphatic imine (C=N–C) groups is 1. The number of nitrogens with one attached hydrogen (secondary N) is 2. The molecule has 1 aliphatic carbocycles. The third-order valence-corrected chi connectivity index (χ3v) is 6.33. The molecule has 0 aromatic carbocycles. The van der Waals surface area contributed by atoms with E-state index in [2.05, 4.69) is 53.8 Å². The van der Waals surface area contributed by atoms with Crippen LogP contribution in [0, 0.1) is 0 Å². The van der Waals surface area contributed by atoms with Gasteiger partial charge < -0.3 is 15.5 Å². The lowest BCUT2D eigenvalue weighted by Crippen LogP contribution is -2.49. The Bertz CT molecular complexity index is 532. The van der Waals surface area contributed by atoms with Gasteiger partial charge >= 0.3 is 0 Å². The van der Waals surface area contributed by atoms with E-state index in [1.54, 1.807) is 0 Å². The molecule has 1 saturated carbocycles. The highest BCUT2D eigenvalue weighted by atomic mass is 127. The Morgan fingerprint density at radius 2 is 2.00 bits per heavy atom. The molecule has 6 heteroatoms. The first kappa shape index (κ1) is 21.0. The molecule has 3 rings (SSSR count). The topological polar surface area (TPSA) is 39.7 Å². The molecule has 1 saturated heterocycles. The number of hydrogen-bond acceptors (Lipinski definition) is 3. The lowest BCUT2D eigenvalue weighted by molar-refractivity contribution is 0.197. The Labute approximate surface area is 173 Å². The summed E-state index contributed by atoms with van der Waals surface area (Å²) in [6.45, 7) is 10.9. The van der Waals surface area contributed by atoms with Crippen LogP contribution in [0.15, 0.2) is 22.5 Å². The number of likely N-dealkylation sites (tertiary alicyclic amines) is 1. The molecule has 142 valence electrons. The second kappa shape index (κ2) is 9.55. The molecule has 0 amide bonds. The Morgan fingerprint density at radius 1 is 1.28 bits per heavy atom. The largest absolute Gasteiger partial charge is 0.357 e. The predicted molar refractivity (Wildman–Crippen MR) is 119 cm³/mol. The van der Waals surface area contributed by atoms with Crippen molar-refractivity contribution in [3.8, 4) is 0 Å². The molecule has 4 nitrogen and oxygen atoms in total.